The van der Waals surface area contributed by atoms with E-state index >= 15 is 0 Å². The molecule has 0 saturated heterocycles. The van der Waals surface area contributed by atoms with Crippen molar-refractivity contribution in [3.8, 4) is 23.0 Å². The molecule has 0 aliphatic heterocycles. The first-order valence-electron chi connectivity index (χ1n) is 8.97. The quantitative estimate of drug-likeness (QED) is 0.583. The lowest BCUT2D eigenvalue weighted by Crippen LogP contribution is -1.90. The first kappa shape index (κ1) is 19.9. The van der Waals surface area contributed by atoms with Crippen LogP contribution in [0.1, 0.15) is 16.7 Å². The van der Waals surface area contributed by atoms with Crippen molar-refractivity contribution in [2.24, 2.45) is 9.98 Å². The number of ether oxygens (including phenoxy) is 2. The predicted molar refractivity (Wildman–Crippen MR) is 114 cm³/mol. The second kappa shape index (κ2) is 9.41. The summed E-state index contributed by atoms with van der Waals surface area (Å²) in [7, 11) is 3.01. The summed E-state index contributed by atoms with van der Waals surface area (Å²) in [6.45, 7) is 0.383. The maximum absolute atomic E-state index is 10.2. The summed E-state index contributed by atoms with van der Waals surface area (Å²) in [6.07, 6.45) is 3.19. The largest absolute Gasteiger partial charge is 0.504 e. The third-order valence-corrected chi connectivity index (χ3v) is 4.33. The van der Waals surface area contributed by atoms with E-state index in [0.29, 0.717) is 29.2 Å². The summed E-state index contributed by atoms with van der Waals surface area (Å²) < 4.78 is 10.2. The molecule has 0 saturated carbocycles. The van der Waals surface area contributed by atoms with Crippen LogP contribution in [-0.2, 0) is 6.54 Å². The Bertz CT molecular complexity index is 1040. The van der Waals surface area contributed by atoms with Crippen LogP contribution < -0.4 is 9.47 Å². The van der Waals surface area contributed by atoms with Crippen LogP contribution in [0, 0.1) is 0 Å². The highest BCUT2D eigenvalue weighted by molar-refractivity contribution is 5.87. The Morgan fingerprint density at radius 3 is 1.97 bits per heavy atom. The normalized spacial score (nSPS) is 11.2. The molecule has 0 heterocycles. The maximum atomic E-state index is 10.2. The van der Waals surface area contributed by atoms with E-state index in [9.17, 15) is 10.2 Å². The first-order chi connectivity index (χ1) is 14.1. The fraction of sp³-hybridized carbons (Fsp3) is 0.130. The van der Waals surface area contributed by atoms with Crippen molar-refractivity contribution in [2.75, 3.05) is 14.2 Å². The molecule has 0 fully saturated rings. The number of aliphatic imine (C=N–C) groups is 2. The van der Waals surface area contributed by atoms with Gasteiger partial charge >= 0.3 is 0 Å². The highest BCUT2D eigenvalue weighted by Crippen LogP contribution is 2.30. The van der Waals surface area contributed by atoms with Crippen LogP contribution in [0.2, 0.25) is 0 Å². The van der Waals surface area contributed by atoms with Crippen LogP contribution in [0.3, 0.4) is 0 Å². The smallest absolute Gasteiger partial charge is 0.166 e. The van der Waals surface area contributed by atoms with Crippen molar-refractivity contribution < 1.29 is 19.7 Å². The average molecular weight is 390 g/mol. The SMILES string of the molecule is COc1cccc(C=NCc2ccccc2N=Cc2cccc(OC)c2O)c1O. The Hall–Kier alpha value is -3.80. The van der Waals surface area contributed by atoms with E-state index in [1.54, 1.807) is 48.8 Å². The van der Waals surface area contributed by atoms with Crippen LogP contribution in [0.15, 0.2) is 70.6 Å². The fourth-order valence-electron chi connectivity index (χ4n) is 2.77. The van der Waals surface area contributed by atoms with Gasteiger partial charge in [-0.05, 0) is 35.9 Å². The summed E-state index contributed by atoms with van der Waals surface area (Å²) in [5.74, 6) is 0.892. The van der Waals surface area contributed by atoms with E-state index in [4.69, 9.17) is 9.47 Å². The van der Waals surface area contributed by atoms with Crippen molar-refractivity contribution in [1.29, 1.82) is 0 Å². The van der Waals surface area contributed by atoms with Gasteiger partial charge in [0.25, 0.3) is 0 Å². The van der Waals surface area contributed by atoms with Crippen LogP contribution >= 0.6 is 0 Å². The van der Waals surface area contributed by atoms with Gasteiger partial charge in [0.05, 0.1) is 26.5 Å². The van der Waals surface area contributed by atoms with E-state index < -0.39 is 0 Å². The van der Waals surface area contributed by atoms with Gasteiger partial charge in [0.1, 0.15) is 0 Å². The Morgan fingerprint density at radius 2 is 1.34 bits per heavy atom. The maximum Gasteiger partial charge on any atom is 0.166 e. The molecule has 3 aromatic carbocycles. The number of phenols is 2. The predicted octanol–water partition coefficient (Wildman–Crippen LogP) is 4.48. The van der Waals surface area contributed by atoms with E-state index in [1.165, 1.54) is 14.2 Å². The molecule has 6 heteroatoms. The molecule has 0 aromatic heterocycles. The van der Waals surface area contributed by atoms with Crippen molar-refractivity contribution in [1.82, 2.24) is 0 Å². The van der Waals surface area contributed by atoms with Gasteiger partial charge < -0.3 is 19.7 Å². The molecule has 3 aromatic rings. The minimum atomic E-state index is 0.0442. The molecule has 2 N–H and O–H groups in total. The van der Waals surface area contributed by atoms with E-state index in [1.807, 2.05) is 24.3 Å². The van der Waals surface area contributed by atoms with Crippen molar-refractivity contribution in [2.45, 2.75) is 6.54 Å². The zero-order chi connectivity index (χ0) is 20.6. The Labute approximate surface area is 169 Å². The molecule has 0 aliphatic rings. The first-order valence-corrected chi connectivity index (χ1v) is 8.97. The third kappa shape index (κ3) is 4.73. The number of hydrogen-bond donors (Lipinski definition) is 2. The standard InChI is InChI=1S/C23H22N2O4/c1-28-20-11-5-8-17(22(20)26)14-24-13-16-7-3-4-10-19(16)25-15-18-9-6-12-21(29-2)23(18)27/h3-12,14-15,26-27H,13H2,1-2H3. The molecule has 0 aliphatic carbocycles. The van der Waals surface area contributed by atoms with Crippen LogP contribution in [0.25, 0.3) is 0 Å². The summed E-state index contributed by atoms with van der Waals surface area (Å²) >= 11 is 0. The van der Waals surface area contributed by atoms with Crippen LogP contribution in [0.5, 0.6) is 23.0 Å². The number of hydrogen-bond acceptors (Lipinski definition) is 6. The van der Waals surface area contributed by atoms with Gasteiger partial charge in [0, 0.05) is 23.6 Å². The highest BCUT2D eigenvalue weighted by Gasteiger charge is 2.07. The lowest BCUT2D eigenvalue weighted by molar-refractivity contribution is 0.373. The minimum absolute atomic E-state index is 0.0442. The summed E-state index contributed by atoms with van der Waals surface area (Å²) in [5.41, 5.74) is 2.78. The molecular weight excluding hydrogens is 368 g/mol. The molecule has 6 nitrogen and oxygen atoms in total. The molecule has 0 radical (unpaired) electrons. The zero-order valence-corrected chi connectivity index (χ0v) is 16.2. The molecule has 3 rings (SSSR count). The third-order valence-electron chi connectivity index (χ3n) is 4.33. The second-order valence-corrected chi connectivity index (χ2v) is 6.15. The van der Waals surface area contributed by atoms with Crippen molar-refractivity contribution in [3.05, 3.63) is 77.4 Å². The number of nitrogens with zero attached hydrogens (tertiary/aromatic N) is 2. The number of phenolic OH excluding ortho intramolecular Hbond substituents is 2. The number of methoxy groups -OCH3 is 2. The number of para-hydroxylation sites is 3. The van der Waals surface area contributed by atoms with Gasteiger partial charge in [-0.2, -0.15) is 0 Å². The summed E-state index contributed by atoms with van der Waals surface area (Å²) in [4.78, 5) is 8.92. The van der Waals surface area contributed by atoms with E-state index in [2.05, 4.69) is 9.98 Å². The second-order valence-electron chi connectivity index (χ2n) is 6.15. The summed E-state index contributed by atoms with van der Waals surface area (Å²) in [5, 5.41) is 20.3. The number of aromatic hydroxyl groups is 2. The van der Waals surface area contributed by atoms with Gasteiger partial charge in [-0.3, -0.25) is 9.98 Å². The molecular formula is C23H22N2O4. The lowest BCUT2D eigenvalue weighted by atomic mass is 10.1. The molecule has 0 bridgehead atoms. The number of benzene rings is 3. The monoisotopic (exact) mass is 390 g/mol. The molecule has 0 unspecified atom stereocenters. The number of rotatable bonds is 7. The molecule has 0 amide bonds. The molecule has 29 heavy (non-hydrogen) atoms. The average Bonchev–Trinajstić information content (AvgIpc) is 2.75. The van der Waals surface area contributed by atoms with Crippen LogP contribution in [0.4, 0.5) is 5.69 Å². The van der Waals surface area contributed by atoms with Crippen LogP contribution in [-0.4, -0.2) is 36.9 Å². The molecule has 148 valence electrons. The topological polar surface area (TPSA) is 83.6 Å². The minimum Gasteiger partial charge on any atom is -0.504 e. The lowest BCUT2D eigenvalue weighted by Gasteiger charge is -2.06. The van der Waals surface area contributed by atoms with Crippen molar-refractivity contribution in [3.63, 3.8) is 0 Å². The molecule has 0 spiro atoms. The van der Waals surface area contributed by atoms with Crippen molar-refractivity contribution >= 4 is 18.1 Å². The zero-order valence-electron chi connectivity index (χ0n) is 16.2. The molecule has 0 atom stereocenters. The Kier molecular flexibility index (Phi) is 6.47. The van der Waals surface area contributed by atoms with Gasteiger partial charge in [0.2, 0.25) is 0 Å². The van der Waals surface area contributed by atoms with E-state index in [-0.39, 0.29) is 11.5 Å². The summed E-state index contributed by atoms with van der Waals surface area (Å²) in [6, 6.07) is 18.1. The van der Waals surface area contributed by atoms with E-state index in [0.717, 1.165) is 11.3 Å². The van der Waals surface area contributed by atoms with Gasteiger partial charge in [-0.1, -0.05) is 30.3 Å². The van der Waals surface area contributed by atoms with Gasteiger partial charge in [0.15, 0.2) is 23.0 Å². The van der Waals surface area contributed by atoms with Gasteiger partial charge in [-0.25, -0.2) is 0 Å². The Balaban J connectivity index is 1.80. The highest BCUT2D eigenvalue weighted by atomic mass is 16.5. The fourth-order valence-corrected chi connectivity index (χ4v) is 2.77. The van der Waals surface area contributed by atoms with Gasteiger partial charge in [-0.15, -0.1) is 0 Å². The Morgan fingerprint density at radius 1 is 0.759 bits per heavy atom.